The topological polar surface area (TPSA) is 33.1 Å². The molecule has 2 nitrogen and oxygen atoms in total. The molecule has 2 aromatic rings. The van der Waals surface area contributed by atoms with Crippen LogP contribution in [0.15, 0.2) is 36.5 Å². The van der Waals surface area contributed by atoms with Crippen LogP contribution in [0.4, 0.5) is 0 Å². The molecule has 0 saturated heterocycles. The van der Waals surface area contributed by atoms with Crippen LogP contribution in [0.5, 0.6) is 0 Å². The van der Waals surface area contributed by atoms with E-state index in [2.05, 4.69) is 22.9 Å². The van der Waals surface area contributed by atoms with Crippen molar-refractivity contribution in [3.63, 3.8) is 0 Å². The number of aliphatic hydroxyl groups excluding tert-OH is 1. The minimum absolute atomic E-state index is 0.215. The van der Waals surface area contributed by atoms with Gasteiger partial charge in [0.1, 0.15) is 0 Å². The predicted molar refractivity (Wildman–Crippen MR) is 69.5 cm³/mol. The highest BCUT2D eigenvalue weighted by Gasteiger charge is 1.98. The molecule has 0 aliphatic rings. The highest BCUT2D eigenvalue weighted by Crippen LogP contribution is 2.16. The number of hydrogen-bond acceptors (Lipinski definition) is 2. The SMILES string of the molecule is OCCCC#CCc1ccnc2ccccc12. The van der Waals surface area contributed by atoms with Crippen molar-refractivity contribution in [2.75, 3.05) is 6.61 Å². The van der Waals surface area contributed by atoms with Gasteiger partial charge in [-0.1, -0.05) is 24.1 Å². The molecule has 1 heterocycles. The van der Waals surface area contributed by atoms with Gasteiger partial charge < -0.3 is 5.11 Å². The van der Waals surface area contributed by atoms with Crippen molar-refractivity contribution in [2.45, 2.75) is 19.3 Å². The smallest absolute Gasteiger partial charge is 0.0705 e. The molecule has 2 heteroatoms. The van der Waals surface area contributed by atoms with Crippen molar-refractivity contribution >= 4 is 10.9 Å². The van der Waals surface area contributed by atoms with Crippen molar-refractivity contribution in [1.82, 2.24) is 4.98 Å². The van der Waals surface area contributed by atoms with Crippen molar-refractivity contribution in [3.05, 3.63) is 42.1 Å². The zero-order valence-electron chi connectivity index (χ0n) is 9.69. The molecule has 1 aromatic heterocycles. The van der Waals surface area contributed by atoms with Gasteiger partial charge in [-0.05, 0) is 24.1 Å². The van der Waals surface area contributed by atoms with Gasteiger partial charge in [0.25, 0.3) is 0 Å². The van der Waals surface area contributed by atoms with E-state index in [-0.39, 0.29) is 6.61 Å². The molecule has 0 radical (unpaired) electrons. The summed E-state index contributed by atoms with van der Waals surface area (Å²) in [5.41, 5.74) is 2.23. The summed E-state index contributed by atoms with van der Waals surface area (Å²) in [6, 6.07) is 10.1. The molecule has 1 N–H and O–H groups in total. The highest BCUT2D eigenvalue weighted by atomic mass is 16.2. The van der Waals surface area contributed by atoms with Gasteiger partial charge in [0.2, 0.25) is 0 Å². The Morgan fingerprint density at radius 1 is 1.12 bits per heavy atom. The van der Waals surface area contributed by atoms with Crippen LogP contribution in [-0.2, 0) is 6.42 Å². The molecule has 0 aliphatic heterocycles. The fourth-order valence-electron chi connectivity index (χ4n) is 1.72. The summed E-state index contributed by atoms with van der Waals surface area (Å²) in [5.74, 6) is 6.21. The molecule has 86 valence electrons. The van der Waals surface area contributed by atoms with Gasteiger partial charge in [0.15, 0.2) is 0 Å². The Balaban J connectivity index is 2.15. The number of fused-ring (bicyclic) bond motifs is 1. The van der Waals surface area contributed by atoms with Gasteiger partial charge in [-0.25, -0.2) is 0 Å². The van der Waals surface area contributed by atoms with E-state index in [0.29, 0.717) is 0 Å². The van der Waals surface area contributed by atoms with Gasteiger partial charge in [0, 0.05) is 31.0 Å². The quantitative estimate of drug-likeness (QED) is 0.643. The molecule has 0 atom stereocenters. The molecule has 2 rings (SSSR count). The monoisotopic (exact) mass is 225 g/mol. The number of pyridine rings is 1. The first-order valence-electron chi connectivity index (χ1n) is 5.81. The number of unbranched alkanes of at least 4 members (excludes halogenated alkanes) is 1. The fourth-order valence-corrected chi connectivity index (χ4v) is 1.72. The lowest BCUT2D eigenvalue weighted by molar-refractivity contribution is 0.290. The molecular weight excluding hydrogens is 210 g/mol. The second-order valence-corrected chi connectivity index (χ2v) is 3.84. The first-order valence-corrected chi connectivity index (χ1v) is 5.81. The summed E-state index contributed by atoms with van der Waals surface area (Å²) in [5, 5.41) is 9.82. The van der Waals surface area contributed by atoms with Crippen molar-refractivity contribution in [1.29, 1.82) is 0 Å². The predicted octanol–water partition coefficient (Wildman–Crippen LogP) is 2.55. The van der Waals surface area contributed by atoms with Crippen LogP contribution in [0.3, 0.4) is 0 Å². The normalized spacial score (nSPS) is 9.94. The van der Waals surface area contributed by atoms with Crippen LogP contribution in [0, 0.1) is 11.8 Å². The maximum absolute atomic E-state index is 8.65. The third-order valence-electron chi connectivity index (χ3n) is 2.60. The molecule has 0 fully saturated rings. The standard InChI is InChI=1S/C15H15NO/c17-12-6-2-1-3-7-13-10-11-16-15-9-5-4-8-14(13)15/h4-5,8-11,17H,2,6-7,12H2. The summed E-state index contributed by atoms with van der Waals surface area (Å²) in [6.07, 6.45) is 4.09. The molecule has 0 unspecified atom stereocenters. The summed E-state index contributed by atoms with van der Waals surface area (Å²) in [6.45, 7) is 0.215. The van der Waals surface area contributed by atoms with E-state index in [1.807, 2.05) is 30.5 Å². The Labute approximate surface area is 101 Å². The molecule has 17 heavy (non-hydrogen) atoms. The number of nitrogens with zero attached hydrogens (tertiary/aromatic N) is 1. The Bertz CT molecular complexity index is 546. The second-order valence-electron chi connectivity index (χ2n) is 3.84. The zero-order valence-corrected chi connectivity index (χ0v) is 9.69. The van der Waals surface area contributed by atoms with Crippen LogP contribution < -0.4 is 0 Å². The first kappa shape index (κ1) is 11.6. The van der Waals surface area contributed by atoms with E-state index in [0.717, 1.165) is 24.8 Å². The molecule has 0 bridgehead atoms. The average molecular weight is 225 g/mol. The lowest BCUT2D eigenvalue weighted by Gasteiger charge is -2.01. The minimum Gasteiger partial charge on any atom is -0.396 e. The second kappa shape index (κ2) is 6.03. The number of rotatable bonds is 3. The third kappa shape index (κ3) is 3.05. The number of aromatic nitrogens is 1. The number of para-hydroxylation sites is 1. The van der Waals surface area contributed by atoms with E-state index in [1.54, 1.807) is 0 Å². The molecule has 0 amide bonds. The van der Waals surface area contributed by atoms with Crippen LogP contribution >= 0.6 is 0 Å². The summed E-state index contributed by atoms with van der Waals surface area (Å²) < 4.78 is 0. The Kier molecular flexibility index (Phi) is 4.12. The Morgan fingerprint density at radius 2 is 2.00 bits per heavy atom. The van der Waals surface area contributed by atoms with Gasteiger partial charge >= 0.3 is 0 Å². The molecule has 1 aromatic carbocycles. The van der Waals surface area contributed by atoms with Crippen LogP contribution in [0.25, 0.3) is 10.9 Å². The highest BCUT2D eigenvalue weighted by molar-refractivity contribution is 5.82. The maximum Gasteiger partial charge on any atom is 0.0705 e. The molecule has 0 spiro atoms. The van der Waals surface area contributed by atoms with E-state index in [9.17, 15) is 0 Å². The minimum atomic E-state index is 0.215. The first-order chi connectivity index (χ1) is 8.42. The summed E-state index contributed by atoms with van der Waals surface area (Å²) >= 11 is 0. The Morgan fingerprint density at radius 3 is 2.88 bits per heavy atom. The average Bonchev–Trinajstić information content (AvgIpc) is 2.39. The van der Waals surface area contributed by atoms with E-state index < -0.39 is 0 Å². The molecule has 0 saturated carbocycles. The van der Waals surface area contributed by atoms with Gasteiger partial charge in [-0.3, -0.25) is 4.98 Å². The van der Waals surface area contributed by atoms with Crippen LogP contribution in [0.2, 0.25) is 0 Å². The van der Waals surface area contributed by atoms with Crippen LogP contribution in [0.1, 0.15) is 18.4 Å². The van der Waals surface area contributed by atoms with Gasteiger partial charge in [-0.15, -0.1) is 5.92 Å². The lowest BCUT2D eigenvalue weighted by Crippen LogP contribution is -1.87. The van der Waals surface area contributed by atoms with Crippen molar-refractivity contribution in [3.8, 4) is 11.8 Å². The zero-order chi connectivity index (χ0) is 11.9. The Hall–Kier alpha value is -1.85. The largest absolute Gasteiger partial charge is 0.396 e. The number of hydrogen-bond donors (Lipinski definition) is 1. The maximum atomic E-state index is 8.65. The van der Waals surface area contributed by atoms with E-state index in [1.165, 1.54) is 10.9 Å². The third-order valence-corrected chi connectivity index (χ3v) is 2.60. The van der Waals surface area contributed by atoms with Gasteiger partial charge in [-0.2, -0.15) is 0 Å². The van der Waals surface area contributed by atoms with E-state index in [4.69, 9.17) is 5.11 Å². The summed E-state index contributed by atoms with van der Waals surface area (Å²) in [7, 11) is 0. The van der Waals surface area contributed by atoms with E-state index >= 15 is 0 Å². The molecule has 0 aliphatic carbocycles. The van der Waals surface area contributed by atoms with Gasteiger partial charge in [0.05, 0.1) is 5.52 Å². The van der Waals surface area contributed by atoms with Crippen molar-refractivity contribution in [2.24, 2.45) is 0 Å². The van der Waals surface area contributed by atoms with Crippen molar-refractivity contribution < 1.29 is 5.11 Å². The number of aliphatic hydroxyl groups is 1. The number of benzene rings is 1. The van der Waals surface area contributed by atoms with Crippen LogP contribution in [-0.4, -0.2) is 16.7 Å². The summed E-state index contributed by atoms with van der Waals surface area (Å²) in [4.78, 5) is 4.32. The lowest BCUT2D eigenvalue weighted by atomic mass is 10.1. The fraction of sp³-hybridized carbons (Fsp3) is 0.267. The molecular formula is C15H15NO.